The Kier molecular flexibility index (Phi) is 6.54. The lowest BCUT2D eigenvalue weighted by molar-refractivity contribution is -0.384. The number of furan rings is 1. The second kappa shape index (κ2) is 9.51. The van der Waals surface area contributed by atoms with Crippen LogP contribution in [0.2, 0.25) is 0 Å². The van der Waals surface area contributed by atoms with Crippen LogP contribution < -0.4 is 9.62 Å². The maximum Gasteiger partial charge on any atom is 0.269 e. The summed E-state index contributed by atoms with van der Waals surface area (Å²) in [7, 11) is -3.83. The lowest BCUT2D eigenvalue weighted by Crippen LogP contribution is -2.49. The van der Waals surface area contributed by atoms with Crippen LogP contribution in [0.5, 0.6) is 0 Å². The van der Waals surface area contributed by atoms with Crippen molar-refractivity contribution in [2.24, 2.45) is 0 Å². The van der Waals surface area contributed by atoms with E-state index in [9.17, 15) is 18.5 Å². The van der Waals surface area contributed by atoms with Crippen LogP contribution in [0.1, 0.15) is 11.8 Å². The highest BCUT2D eigenvalue weighted by atomic mass is 32.2. The zero-order valence-corrected chi connectivity index (χ0v) is 18.1. The quantitative estimate of drug-likeness (QED) is 0.410. The van der Waals surface area contributed by atoms with Gasteiger partial charge in [-0.05, 0) is 36.4 Å². The molecule has 1 atom stereocenters. The largest absolute Gasteiger partial charge is 0.468 e. The van der Waals surface area contributed by atoms with E-state index in [0.717, 1.165) is 26.2 Å². The molecule has 0 aliphatic carbocycles. The third-order valence-electron chi connectivity index (χ3n) is 5.57. The second-order valence-corrected chi connectivity index (χ2v) is 9.26. The Hall–Kier alpha value is -3.21. The Morgan fingerprint density at radius 2 is 1.66 bits per heavy atom. The van der Waals surface area contributed by atoms with Crippen molar-refractivity contribution in [2.75, 3.05) is 37.6 Å². The predicted octanol–water partition coefficient (Wildman–Crippen LogP) is 3.03. The first kappa shape index (κ1) is 22.0. The van der Waals surface area contributed by atoms with Gasteiger partial charge in [0.1, 0.15) is 5.76 Å². The van der Waals surface area contributed by atoms with Gasteiger partial charge in [-0.25, -0.2) is 13.1 Å². The van der Waals surface area contributed by atoms with Crippen molar-refractivity contribution in [1.29, 1.82) is 0 Å². The van der Waals surface area contributed by atoms with Gasteiger partial charge in [0.25, 0.3) is 5.69 Å². The van der Waals surface area contributed by atoms with Gasteiger partial charge in [-0.1, -0.05) is 18.2 Å². The standard InChI is InChI=1S/C22H24N4O5S/c27-26(28)19-8-10-20(11-9-19)32(29,30)23-17-21(22-7-4-16-31-22)25-14-12-24(13-15-25)18-5-2-1-3-6-18/h1-11,16,21,23H,12-15,17H2/t21-/m0/s1. The summed E-state index contributed by atoms with van der Waals surface area (Å²) in [6.07, 6.45) is 1.58. The zero-order valence-electron chi connectivity index (χ0n) is 17.3. The molecular weight excluding hydrogens is 432 g/mol. The van der Waals surface area contributed by atoms with Crippen molar-refractivity contribution in [3.63, 3.8) is 0 Å². The van der Waals surface area contributed by atoms with Gasteiger partial charge in [0.15, 0.2) is 0 Å². The number of nitro groups is 1. The molecule has 0 spiro atoms. The SMILES string of the molecule is O=[N+]([O-])c1ccc(S(=O)(=O)NC[C@@H](c2ccco2)N2CCN(c3ccccc3)CC2)cc1. The first-order valence-electron chi connectivity index (χ1n) is 10.3. The van der Waals surface area contributed by atoms with Crippen molar-refractivity contribution in [2.45, 2.75) is 10.9 Å². The van der Waals surface area contributed by atoms with E-state index >= 15 is 0 Å². The fourth-order valence-corrected chi connectivity index (χ4v) is 4.88. The van der Waals surface area contributed by atoms with E-state index < -0.39 is 14.9 Å². The minimum atomic E-state index is -3.83. The van der Waals surface area contributed by atoms with Gasteiger partial charge in [-0.2, -0.15) is 0 Å². The van der Waals surface area contributed by atoms with Crippen molar-refractivity contribution in [3.8, 4) is 0 Å². The van der Waals surface area contributed by atoms with Crippen LogP contribution in [0.4, 0.5) is 11.4 Å². The molecule has 0 saturated carbocycles. The summed E-state index contributed by atoms with van der Waals surface area (Å²) in [5.41, 5.74) is 1.01. The molecule has 1 N–H and O–H groups in total. The number of nitro benzene ring substituents is 1. The summed E-state index contributed by atoms with van der Waals surface area (Å²) in [5, 5.41) is 10.8. The number of para-hydroxylation sites is 1. The molecule has 4 rings (SSSR count). The molecule has 10 heteroatoms. The van der Waals surface area contributed by atoms with E-state index in [4.69, 9.17) is 4.42 Å². The molecule has 1 aliphatic rings. The molecule has 1 saturated heterocycles. The van der Waals surface area contributed by atoms with Crippen molar-refractivity contribution in [3.05, 3.63) is 88.9 Å². The lowest BCUT2D eigenvalue weighted by Gasteiger charge is -2.39. The molecule has 0 unspecified atom stereocenters. The molecule has 2 aromatic carbocycles. The molecule has 3 aromatic rings. The molecule has 1 fully saturated rings. The zero-order chi connectivity index (χ0) is 22.6. The molecule has 0 amide bonds. The van der Waals surface area contributed by atoms with Crippen molar-refractivity contribution < 1.29 is 17.8 Å². The highest BCUT2D eigenvalue weighted by Crippen LogP contribution is 2.25. The molecule has 0 radical (unpaired) electrons. The highest BCUT2D eigenvalue weighted by Gasteiger charge is 2.28. The van der Waals surface area contributed by atoms with E-state index in [1.165, 1.54) is 30.0 Å². The van der Waals surface area contributed by atoms with Gasteiger partial charge in [-0.15, -0.1) is 0 Å². The summed E-state index contributed by atoms with van der Waals surface area (Å²) in [5.74, 6) is 0.685. The van der Waals surface area contributed by atoms with E-state index in [1.807, 2.05) is 24.3 Å². The lowest BCUT2D eigenvalue weighted by atomic mass is 10.1. The minimum Gasteiger partial charge on any atom is -0.468 e. The van der Waals surface area contributed by atoms with Crippen LogP contribution >= 0.6 is 0 Å². The number of benzene rings is 2. The Balaban J connectivity index is 1.44. The van der Waals surface area contributed by atoms with Gasteiger partial charge < -0.3 is 9.32 Å². The van der Waals surface area contributed by atoms with Crippen LogP contribution in [0.3, 0.4) is 0 Å². The number of hydrogen-bond acceptors (Lipinski definition) is 7. The number of anilines is 1. The third-order valence-corrected chi connectivity index (χ3v) is 7.01. The molecule has 2 heterocycles. The number of hydrogen-bond donors (Lipinski definition) is 1. The maximum atomic E-state index is 12.8. The summed E-state index contributed by atoms with van der Waals surface area (Å²) in [6, 6.07) is 18.4. The summed E-state index contributed by atoms with van der Waals surface area (Å²) >= 11 is 0. The summed E-state index contributed by atoms with van der Waals surface area (Å²) in [6.45, 7) is 3.25. The smallest absolute Gasteiger partial charge is 0.269 e. The highest BCUT2D eigenvalue weighted by molar-refractivity contribution is 7.89. The van der Waals surface area contributed by atoms with Gasteiger partial charge in [0.05, 0.1) is 22.1 Å². The van der Waals surface area contributed by atoms with E-state index in [-0.39, 0.29) is 23.2 Å². The van der Waals surface area contributed by atoms with Crippen LogP contribution in [0, 0.1) is 10.1 Å². The molecule has 168 valence electrons. The van der Waals surface area contributed by atoms with Crippen LogP contribution in [-0.2, 0) is 10.0 Å². The van der Waals surface area contributed by atoms with Crippen molar-refractivity contribution in [1.82, 2.24) is 9.62 Å². The normalized spacial score (nSPS) is 16.1. The average Bonchev–Trinajstić information content (AvgIpc) is 3.35. The van der Waals surface area contributed by atoms with E-state index in [1.54, 1.807) is 12.3 Å². The van der Waals surface area contributed by atoms with E-state index in [2.05, 4.69) is 26.7 Å². The number of nitrogens with zero attached hydrogens (tertiary/aromatic N) is 3. The summed E-state index contributed by atoms with van der Waals surface area (Å²) < 4.78 is 33.8. The third kappa shape index (κ3) is 4.98. The van der Waals surface area contributed by atoms with Gasteiger partial charge in [0, 0.05) is 50.5 Å². The van der Waals surface area contributed by atoms with Crippen LogP contribution in [-0.4, -0.2) is 51.0 Å². The maximum absolute atomic E-state index is 12.8. The number of nitrogens with one attached hydrogen (secondary N) is 1. The predicted molar refractivity (Wildman–Crippen MR) is 120 cm³/mol. The first-order chi connectivity index (χ1) is 15.4. The fourth-order valence-electron chi connectivity index (χ4n) is 3.84. The first-order valence-corrected chi connectivity index (χ1v) is 11.7. The Morgan fingerprint density at radius 1 is 0.969 bits per heavy atom. The van der Waals surface area contributed by atoms with Gasteiger partial charge in [0.2, 0.25) is 10.0 Å². The molecule has 9 nitrogen and oxygen atoms in total. The fraction of sp³-hybridized carbons (Fsp3) is 0.273. The molecule has 32 heavy (non-hydrogen) atoms. The average molecular weight is 457 g/mol. The summed E-state index contributed by atoms with van der Waals surface area (Å²) in [4.78, 5) is 14.7. The second-order valence-electron chi connectivity index (χ2n) is 7.49. The van der Waals surface area contributed by atoms with Gasteiger partial charge in [-0.3, -0.25) is 15.0 Å². The Bertz CT molecular complexity index is 1130. The number of piperazine rings is 1. The Morgan fingerprint density at radius 3 is 2.25 bits per heavy atom. The Labute approximate surface area is 186 Å². The number of rotatable bonds is 8. The molecule has 1 aromatic heterocycles. The molecule has 1 aliphatic heterocycles. The monoisotopic (exact) mass is 456 g/mol. The molecule has 0 bridgehead atoms. The number of non-ortho nitro benzene ring substituents is 1. The van der Waals surface area contributed by atoms with Crippen LogP contribution in [0.15, 0.2) is 82.3 Å². The minimum absolute atomic E-state index is 0.0183. The molecular formula is C22H24N4O5S. The van der Waals surface area contributed by atoms with E-state index in [0.29, 0.717) is 5.76 Å². The number of sulfonamides is 1. The topological polar surface area (TPSA) is 109 Å². The van der Waals surface area contributed by atoms with Crippen LogP contribution in [0.25, 0.3) is 0 Å². The van der Waals surface area contributed by atoms with Crippen molar-refractivity contribution >= 4 is 21.4 Å². The van der Waals surface area contributed by atoms with Gasteiger partial charge >= 0.3 is 0 Å².